The zero-order valence-corrected chi connectivity index (χ0v) is 22.0. The average molecular weight is 534 g/mol. The standard InChI is InChI=1S/C22H43N7O6S/c1-16(30)26-12-4-10-24-8-2-3-9-25-11-5-13-27-20(32)14-28-21(33)18(15-36)29-19(31)7-6-17(23)22(34)35/h17-18,24-25,36H,2-15,23H2,1H3,(H,26,30)(H,27,32)(H,28,33)(H,29,31)(H,34,35)/t17-,18-/m0/s1. The molecule has 36 heavy (non-hydrogen) atoms. The molecular weight excluding hydrogens is 490 g/mol. The van der Waals surface area contributed by atoms with Crippen LogP contribution < -0.4 is 37.6 Å². The van der Waals surface area contributed by atoms with Gasteiger partial charge in [-0.2, -0.15) is 12.6 Å². The first-order valence-corrected chi connectivity index (χ1v) is 12.9. The van der Waals surface area contributed by atoms with Gasteiger partial charge in [0, 0.05) is 32.2 Å². The van der Waals surface area contributed by atoms with Crippen molar-refractivity contribution in [3.8, 4) is 0 Å². The molecule has 208 valence electrons. The van der Waals surface area contributed by atoms with Crippen LogP contribution in [0.4, 0.5) is 0 Å². The summed E-state index contributed by atoms with van der Waals surface area (Å²) in [6, 6.07) is -2.10. The molecule has 0 fully saturated rings. The number of carboxylic acids is 1. The van der Waals surface area contributed by atoms with Gasteiger partial charge < -0.3 is 42.7 Å². The summed E-state index contributed by atoms with van der Waals surface area (Å²) in [5.74, 6) is -2.61. The molecule has 0 bridgehead atoms. The highest BCUT2D eigenvalue weighted by Crippen LogP contribution is 1.97. The lowest BCUT2D eigenvalue weighted by molar-refractivity contribution is -0.139. The van der Waals surface area contributed by atoms with E-state index >= 15 is 0 Å². The molecule has 0 saturated carbocycles. The Kier molecular flexibility index (Phi) is 20.4. The molecule has 0 rings (SSSR count). The number of hydrogen-bond donors (Lipinski definition) is 9. The van der Waals surface area contributed by atoms with E-state index in [1.54, 1.807) is 0 Å². The first kappa shape index (κ1) is 33.6. The van der Waals surface area contributed by atoms with Crippen LogP contribution in [0, 0.1) is 0 Å². The van der Waals surface area contributed by atoms with Crippen LogP contribution in [0.5, 0.6) is 0 Å². The quantitative estimate of drug-likeness (QED) is 0.0541. The molecule has 0 aliphatic carbocycles. The Morgan fingerprint density at radius 1 is 0.806 bits per heavy atom. The fourth-order valence-electron chi connectivity index (χ4n) is 2.89. The molecule has 14 heteroatoms. The van der Waals surface area contributed by atoms with Crippen LogP contribution in [0.15, 0.2) is 0 Å². The summed E-state index contributed by atoms with van der Waals surface area (Å²) < 4.78 is 0. The third-order valence-corrected chi connectivity index (χ3v) is 5.34. The van der Waals surface area contributed by atoms with Crippen LogP contribution in [0.25, 0.3) is 0 Å². The lowest BCUT2D eigenvalue weighted by atomic mass is 10.1. The molecule has 9 N–H and O–H groups in total. The van der Waals surface area contributed by atoms with Gasteiger partial charge in [0.15, 0.2) is 0 Å². The number of nitrogens with one attached hydrogen (secondary N) is 6. The molecule has 0 aliphatic rings. The van der Waals surface area contributed by atoms with Crippen molar-refractivity contribution in [1.82, 2.24) is 31.9 Å². The number of carboxylic acid groups (broad SMARTS) is 1. The predicted molar refractivity (Wildman–Crippen MR) is 140 cm³/mol. The van der Waals surface area contributed by atoms with Gasteiger partial charge in [-0.25, -0.2) is 0 Å². The second kappa shape index (κ2) is 21.8. The Bertz CT molecular complexity index is 683. The zero-order valence-electron chi connectivity index (χ0n) is 21.1. The lowest BCUT2D eigenvalue weighted by Gasteiger charge is -2.17. The number of carbonyl (C=O) groups is 5. The van der Waals surface area contributed by atoms with Gasteiger partial charge >= 0.3 is 5.97 Å². The molecule has 13 nitrogen and oxygen atoms in total. The smallest absolute Gasteiger partial charge is 0.320 e. The Balaban J connectivity index is 3.72. The molecule has 2 atom stereocenters. The van der Waals surface area contributed by atoms with Gasteiger partial charge in [-0.1, -0.05) is 0 Å². The topological polar surface area (TPSA) is 204 Å². The van der Waals surface area contributed by atoms with Crippen molar-refractivity contribution in [2.45, 2.75) is 57.5 Å². The van der Waals surface area contributed by atoms with E-state index in [-0.39, 0.29) is 37.0 Å². The van der Waals surface area contributed by atoms with Crippen LogP contribution in [0.3, 0.4) is 0 Å². The summed E-state index contributed by atoms with van der Waals surface area (Å²) in [5, 5.41) is 25.7. The normalized spacial score (nSPS) is 12.3. The van der Waals surface area contributed by atoms with Crippen LogP contribution in [0.2, 0.25) is 0 Å². The summed E-state index contributed by atoms with van der Waals surface area (Å²) in [7, 11) is 0. The van der Waals surface area contributed by atoms with Gasteiger partial charge in [0.05, 0.1) is 6.54 Å². The minimum absolute atomic E-state index is 0.00708. The number of nitrogens with two attached hydrogens (primary N) is 1. The van der Waals surface area contributed by atoms with Crippen molar-refractivity contribution in [2.75, 3.05) is 51.6 Å². The van der Waals surface area contributed by atoms with Gasteiger partial charge in [-0.3, -0.25) is 24.0 Å². The highest BCUT2D eigenvalue weighted by molar-refractivity contribution is 7.80. The van der Waals surface area contributed by atoms with Crippen LogP contribution in [-0.4, -0.2) is 98.4 Å². The summed E-state index contributed by atoms with van der Waals surface area (Å²) in [4.78, 5) is 57.4. The van der Waals surface area contributed by atoms with Crippen molar-refractivity contribution in [3.05, 3.63) is 0 Å². The van der Waals surface area contributed by atoms with Gasteiger partial charge in [-0.05, 0) is 58.3 Å². The molecule has 4 amide bonds. The zero-order chi connectivity index (χ0) is 27.2. The lowest BCUT2D eigenvalue weighted by Crippen LogP contribution is -2.50. The third kappa shape index (κ3) is 19.8. The number of hydrogen-bond acceptors (Lipinski definition) is 9. The van der Waals surface area contributed by atoms with Crippen molar-refractivity contribution >= 4 is 42.2 Å². The maximum Gasteiger partial charge on any atom is 0.320 e. The van der Waals surface area contributed by atoms with Crippen LogP contribution >= 0.6 is 12.6 Å². The Morgan fingerprint density at radius 3 is 1.89 bits per heavy atom. The number of aliphatic carboxylic acids is 1. The first-order chi connectivity index (χ1) is 17.2. The minimum atomic E-state index is -1.20. The second-order valence-electron chi connectivity index (χ2n) is 8.25. The minimum Gasteiger partial charge on any atom is -0.480 e. The third-order valence-electron chi connectivity index (χ3n) is 4.97. The Morgan fingerprint density at radius 2 is 1.36 bits per heavy atom. The molecule has 0 aromatic heterocycles. The van der Waals surface area contributed by atoms with E-state index < -0.39 is 29.9 Å². The summed E-state index contributed by atoms with van der Waals surface area (Å²) in [6.45, 7) is 5.89. The average Bonchev–Trinajstić information content (AvgIpc) is 2.84. The van der Waals surface area contributed by atoms with Gasteiger partial charge in [0.25, 0.3) is 0 Å². The maximum absolute atomic E-state index is 12.2. The number of thiol groups is 1. The van der Waals surface area contributed by atoms with Crippen molar-refractivity contribution < 1.29 is 29.1 Å². The van der Waals surface area contributed by atoms with Gasteiger partial charge in [-0.15, -0.1) is 0 Å². The van der Waals surface area contributed by atoms with Crippen LogP contribution in [0.1, 0.15) is 45.4 Å². The highest BCUT2D eigenvalue weighted by atomic mass is 32.1. The summed E-state index contributed by atoms with van der Waals surface area (Å²) in [5.41, 5.74) is 5.35. The van der Waals surface area contributed by atoms with E-state index in [4.69, 9.17) is 10.8 Å². The van der Waals surface area contributed by atoms with E-state index in [1.807, 2.05) is 0 Å². The van der Waals surface area contributed by atoms with E-state index in [9.17, 15) is 24.0 Å². The van der Waals surface area contributed by atoms with E-state index in [1.165, 1.54) is 6.92 Å². The van der Waals surface area contributed by atoms with E-state index in [0.29, 0.717) is 13.1 Å². The summed E-state index contributed by atoms with van der Waals surface area (Å²) in [6.07, 6.45) is 3.54. The van der Waals surface area contributed by atoms with Crippen molar-refractivity contribution in [2.24, 2.45) is 5.73 Å². The predicted octanol–water partition coefficient (Wildman–Crippen LogP) is -2.30. The second-order valence-corrected chi connectivity index (χ2v) is 8.62. The molecule has 0 spiro atoms. The molecule has 0 aliphatic heterocycles. The SMILES string of the molecule is CC(=O)NCCCNCCCCNCCCNC(=O)CNC(=O)[C@H](CS)NC(=O)CC[C@H](N)C(=O)O. The summed E-state index contributed by atoms with van der Waals surface area (Å²) >= 11 is 4.04. The molecule has 0 aromatic carbocycles. The number of unbranched alkanes of at least 4 members (excludes halogenated alkanes) is 1. The molecular formula is C22H43N7O6S. The van der Waals surface area contributed by atoms with E-state index in [2.05, 4.69) is 44.5 Å². The number of carbonyl (C=O) groups excluding carboxylic acids is 4. The fourth-order valence-corrected chi connectivity index (χ4v) is 3.15. The number of amides is 4. The Hall–Kier alpha value is -2.42. The first-order valence-electron chi connectivity index (χ1n) is 12.3. The molecule has 0 unspecified atom stereocenters. The Labute approximate surface area is 218 Å². The van der Waals surface area contributed by atoms with Gasteiger partial charge in [0.1, 0.15) is 12.1 Å². The highest BCUT2D eigenvalue weighted by Gasteiger charge is 2.21. The molecule has 0 saturated heterocycles. The van der Waals surface area contributed by atoms with Gasteiger partial charge in [0.2, 0.25) is 23.6 Å². The molecule has 0 aromatic rings. The van der Waals surface area contributed by atoms with Crippen molar-refractivity contribution in [3.63, 3.8) is 0 Å². The molecule has 0 radical (unpaired) electrons. The number of rotatable bonds is 22. The largest absolute Gasteiger partial charge is 0.480 e. The fraction of sp³-hybridized carbons (Fsp3) is 0.773. The van der Waals surface area contributed by atoms with Crippen molar-refractivity contribution in [1.29, 1.82) is 0 Å². The van der Waals surface area contributed by atoms with Crippen LogP contribution in [-0.2, 0) is 24.0 Å². The van der Waals surface area contributed by atoms with E-state index in [0.717, 1.165) is 51.9 Å². The molecule has 0 heterocycles. The monoisotopic (exact) mass is 533 g/mol. The maximum atomic E-state index is 12.2.